The van der Waals surface area contributed by atoms with E-state index in [-0.39, 0.29) is 16.9 Å². The highest BCUT2D eigenvalue weighted by Crippen LogP contribution is 2.38. The Labute approximate surface area is 165 Å². The van der Waals surface area contributed by atoms with Crippen molar-refractivity contribution in [3.8, 4) is 0 Å². The fraction of sp³-hybridized carbons (Fsp3) is 0.300. The highest BCUT2D eigenvalue weighted by Gasteiger charge is 2.34. The molecule has 0 aromatic heterocycles. The lowest BCUT2D eigenvalue weighted by Gasteiger charge is -2.16. The maximum absolute atomic E-state index is 14.1. The van der Waals surface area contributed by atoms with Crippen molar-refractivity contribution in [3.05, 3.63) is 53.3 Å². The van der Waals surface area contributed by atoms with Crippen LogP contribution < -0.4 is 10.6 Å². The third-order valence-corrected chi connectivity index (χ3v) is 4.46. The number of benzene rings is 2. The van der Waals surface area contributed by atoms with Crippen molar-refractivity contribution in [1.29, 1.82) is 0 Å². The molecule has 0 spiro atoms. The molecule has 29 heavy (non-hydrogen) atoms. The van der Waals surface area contributed by atoms with Crippen LogP contribution in [0.25, 0.3) is 0 Å². The Kier molecular flexibility index (Phi) is 5.88. The molecule has 1 aliphatic heterocycles. The molecule has 154 valence electrons. The Morgan fingerprint density at radius 2 is 2.00 bits per heavy atom. The highest BCUT2D eigenvalue weighted by atomic mass is 19.4. The van der Waals surface area contributed by atoms with Gasteiger partial charge < -0.3 is 15.5 Å². The lowest BCUT2D eigenvalue weighted by molar-refractivity contribution is -0.137. The van der Waals surface area contributed by atoms with Crippen LogP contribution in [0.2, 0.25) is 0 Å². The monoisotopic (exact) mass is 408 g/mol. The van der Waals surface area contributed by atoms with Crippen LogP contribution in [0.1, 0.15) is 17.0 Å². The zero-order valence-corrected chi connectivity index (χ0v) is 15.8. The van der Waals surface area contributed by atoms with E-state index in [1.165, 1.54) is 30.5 Å². The van der Waals surface area contributed by atoms with Crippen molar-refractivity contribution >= 4 is 29.2 Å². The Bertz CT molecular complexity index is 941. The molecule has 1 heterocycles. The van der Waals surface area contributed by atoms with Crippen LogP contribution >= 0.6 is 0 Å². The van der Waals surface area contributed by atoms with Gasteiger partial charge in [0.2, 0.25) is 5.91 Å². The van der Waals surface area contributed by atoms with Gasteiger partial charge in [-0.3, -0.25) is 9.79 Å². The van der Waals surface area contributed by atoms with Gasteiger partial charge in [0.05, 0.1) is 11.3 Å². The second kappa shape index (κ2) is 8.20. The molecule has 1 amide bonds. The van der Waals surface area contributed by atoms with Crippen LogP contribution in [0.15, 0.2) is 41.4 Å². The molecule has 0 saturated heterocycles. The Morgan fingerprint density at radius 3 is 2.69 bits per heavy atom. The van der Waals surface area contributed by atoms with Crippen molar-refractivity contribution in [3.63, 3.8) is 0 Å². The summed E-state index contributed by atoms with van der Waals surface area (Å²) in [6.07, 6.45) is -3.41. The SMILES string of the molecule is CN(C)CCNc1ccc(N=CC2C(=O)Nc3cccc(F)c32)cc1C(F)(F)F. The first kappa shape index (κ1) is 20.8. The molecule has 2 aromatic carbocycles. The molecule has 3 rings (SSSR count). The van der Waals surface area contributed by atoms with E-state index in [4.69, 9.17) is 0 Å². The van der Waals surface area contributed by atoms with E-state index in [9.17, 15) is 22.4 Å². The van der Waals surface area contributed by atoms with Crippen LogP contribution in [-0.2, 0) is 11.0 Å². The van der Waals surface area contributed by atoms with Gasteiger partial charge in [0.1, 0.15) is 11.7 Å². The number of alkyl halides is 3. The van der Waals surface area contributed by atoms with Gasteiger partial charge >= 0.3 is 6.18 Å². The summed E-state index contributed by atoms with van der Waals surface area (Å²) in [7, 11) is 3.65. The number of likely N-dealkylation sites (N-methyl/N-ethyl adjacent to an activating group) is 1. The van der Waals surface area contributed by atoms with Crippen molar-refractivity contribution in [1.82, 2.24) is 4.90 Å². The first-order valence-electron chi connectivity index (χ1n) is 8.90. The molecule has 2 N–H and O–H groups in total. The number of rotatable bonds is 6. The summed E-state index contributed by atoms with van der Waals surface area (Å²) in [5.74, 6) is -2.06. The second-order valence-electron chi connectivity index (χ2n) is 6.90. The van der Waals surface area contributed by atoms with Gasteiger partial charge in [0.25, 0.3) is 0 Å². The number of hydrogen-bond acceptors (Lipinski definition) is 4. The van der Waals surface area contributed by atoms with E-state index >= 15 is 0 Å². The van der Waals surface area contributed by atoms with Crippen LogP contribution in [0.4, 0.5) is 34.6 Å². The molecular weight excluding hydrogens is 388 g/mol. The minimum absolute atomic E-state index is 0.0214. The van der Waals surface area contributed by atoms with Crippen LogP contribution in [0.5, 0.6) is 0 Å². The summed E-state index contributed by atoms with van der Waals surface area (Å²) < 4.78 is 54.4. The number of nitrogens with one attached hydrogen (secondary N) is 2. The zero-order chi connectivity index (χ0) is 21.2. The lowest BCUT2D eigenvalue weighted by Crippen LogP contribution is -2.22. The largest absolute Gasteiger partial charge is 0.418 e. The summed E-state index contributed by atoms with van der Waals surface area (Å²) >= 11 is 0. The molecule has 0 saturated carbocycles. The fourth-order valence-corrected chi connectivity index (χ4v) is 3.02. The van der Waals surface area contributed by atoms with Crippen LogP contribution in [0.3, 0.4) is 0 Å². The molecule has 0 radical (unpaired) electrons. The molecule has 5 nitrogen and oxygen atoms in total. The minimum Gasteiger partial charge on any atom is -0.383 e. The average molecular weight is 408 g/mol. The van der Waals surface area contributed by atoms with E-state index in [2.05, 4.69) is 15.6 Å². The van der Waals surface area contributed by atoms with Gasteiger partial charge in [-0.1, -0.05) is 6.07 Å². The van der Waals surface area contributed by atoms with E-state index in [1.54, 1.807) is 6.07 Å². The molecule has 1 unspecified atom stereocenters. The van der Waals surface area contributed by atoms with Gasteiger partial charge in [0, 0.05) is 36.2 Å². The molecular formula is C20H20F4N4O. The van der Waals surface area contributed by atoms with Crippen LogP contribution in [-0.4, -0.2) is 44.2 Å². The number of carbonyl (C=O) groups is 1. The average Bonchev–Trinajstić information content (AvgIpc) is 2.96. The molecule has 0 fully saturated rings. The molecule has 0 aliphatic carbocycles. The predicted octanol–water partition coefficient (Wildman–Crippen LogP) is 4.26. The molecule has 0 bridgehead atoms. The number of hydrogen-bond donors (Lipinski definition) is 2. The van der Waals surface area contributed by atoms with Gasteiger partial charge in [-0.25, -0.2) is 4.39 Å². The quantitative estimate of drug-likeness (QED) is 0.555. The van der Waals surface area contributed by atoms with Crippen molar-refractivity contribution < 1.29 is 22.4 Å². The minimum atomic E-state index is -4.57. The Hall–Kier alpha value is -2.94. The van der Waals surface area contributed by atoms with Crippen molar-refractivity contribution in [2.75, 3.05) is 37.8 Å². The van der Waals surface area contributed by atoms with Gasteiger partial charge in [-0.15, -0.1) is 0 Å². The fourth-order valence-electron chi connectivity index (χ4n) is 3.02. The van der Waals surface area contributed by atoms with Crippen LogP contribution in [0, 0.1) is 5.82 Å². The summed E-state index contributed by atoms with van der Waals surface area (Å²) in [5.41, 5.74) is -0.406. The number of halogens is 4. The van der Waals surface area contributed by atoms with Gasteiger partial charge in [-0.05, 0) is 44.4 Å². The second-order valence-corrected chi connectivity index (χ2v) is 6.90. The zero-order valence-electron chi connectivity index (χ0n) is 15.8. The summed E-state index contributed by atoms with van der Waals surface area (Å²) in [4.78, 5) is 18.0. The first-order valence-corrected chi connectivity index (χ1v) is 8.90. The topological polar surface area (TPSA) is 56.7 Å². The number of anilines is 2. The lowest BCUT2D eigenvalue weighted by atomic mass is 10.0. The summed E-state index contributed by atoms with van der Waals surface area (Å²) in [6, 6.07) is 7.86. The van der Waals surface area contributed by atoms with Gasteiger partial charge in [0.15, 0.2) is 0 Å². The van der Waals surface area contributed by atoms with E-state index in [1.807, 2.05) is 19.0 Å². The third kappa shape index (κ3) is 4.73. The smallest absolute Gasteiger partial charge is 0.383 e. The highest BCUT2D eigenvalue weighted by molar-refractivity contribution is 6.12. The standard InChI is InChI=1S/C20H20F4N4O/c1-28(2)9-8-25-16-7-6-12(10-14(16)20(22,23)24)26-11-13-18-15(21)4-3-5-17(18)27-19(13)29/h3-7,10-11,13,25H,8-9H2,1-2H3,(H,27,29). The maximum atomic E-state index is 14.1. The molecule has 1 aliphatic rings. The van der Waals surface area contributed by atoms with E-state index < -0.39 is 29.4 Å². The maximum Gasteiger partial charge on any atom is 0.418 e. The number of carbonyl (C=O) groups excluding carboxylic acids is 1. The molecule has 2 aromatic rings. The van der Waals surface area contributed by atoms with Gasteiger partial charge in [-0.2, -0.15) is 13.2 Å². The van der Waals surface area contributed by atoms with E-state index in [0.717, 1.165) is 6.07 Å². The predicted molar refractivity (Wildman–Crippen MR) is 104 cm³/mol. The first-order chi connectivity index (χ1) is 13.7. The Morgan fingerprint density at radius 1 is 1.24 bits per heavy atom. The van der Waals surface area contributed by atoms with E-state index in [0.29, 0.717) is 18.8 Å². The number of amides is 1. The summed E-state index contributed by atoms with van der Waals surface area (Å²) in [6.45, 7) is 0.913. The normalized spacial score (nSPS) is 16.4. The number of aliphatic imine (C=N–C) groups is 1. The van der Waals surface area contributed by atoms with Crippen molar-refractivity contribution in [2.45, 2.75) is 12.1 Å². The number of fused-ring (bicyclic) bond motifs is 1. The molecule has 9 heteroatoms. The molecule has 1 atom stereocenters. The Balaban J connectivity index is 1.86. The summed E-state index contributed by atoms with van der Waals surface area (Å²) in [5, 5.41) is 5.31. The van der Waals surface area contributed by atoms with Crippen molar-refractivity contribution in [2.24, 2.45) is 4.99 Å². The number of nitrogens with zero attached hydrogens (tertiary/aromatic N) is 2. The third-order valence-electron chi connectivity index (χ3n) is 4.46.